The number of nitrogens with zero attached hydrogens (tertiary/aromatic N) is 1. The second-order valence-electron chi connectivity index (χ2n) is 4.73. The van der Waals surface area contributed by atoms with E-state index in [1.165, 1.54) is 6.07 Å². The predicted octanol–water partition coefficient (Wildman–Crippen LogP) is 4.41. The van der Waals surface area contributed by atoms with Gasteiger partial charge >= 0.3 is 5.97 Å². The van der Waals surface area contributed by atoms with Crippen LogP contribution in [0.25, 0.3) is 0 Å². The Bertz CT molecular complexity index is 642. The average molecular weight is 335 g/mol. The van der Waals surface area contributed by atoms with E-state index in [2.05, 4.69) is 26.2 Å². The van der Waals surface area contributed by atoms with Gasteiger partial charge in [-0.3, -0.25) is 0 Å². The molecule has 0 saturated heterocycles. The number of aromatic nitrogens is 1. The molecule has 0 radical (unpaired) electrons. The summed E-state index contributed by atoms with van der Waals surface area (Å²) in [4.78, 5) is 15.6. The summed E-state index contributed by atoms with van der Waals surface area (Å²) in [5.41, 5.74) is 1.83. The maximum Gasteiger partial charge on any atom is 0.335 e. The van der Waals surface area contributed by atoms with E-state index in [9.17, 15) is 9.90 Å². The Kier molecular flexibility index (Phi) is 4.39. The van der Waals surface area contributed by atoms with Crippen molar-refractivity contribution in [2.75, 3.05) is 5.32 Å². The Morgan fingerprint density at radius 3 is 2.60 bits per heavy atom. The number of carbonyl (C=O) groups is 1. The van der Waals surface area contributed by atoms with E-state index in [0.29, 0.717) is 5.82 Å². The molecule has 1 heterocycles. The molecule has 0 bridgehead atoms. The van der Waals surface area contributed by atoms with Crippen molar-refractivity contribution in [1.29, 1.82) is 0 Å². The number of halogens is 1. The molecule has 0 atom stereocenters. The third kappa shape index (κ3) is 3.36. The highest BCUT2D eigenvalue weighted by Gasteiger charge is 2.11. The molecule has 0 aliphatic rings. The summed E-state index contributed by atoms with van der Waals surface area (Å²) in [5.74, 6) is -0.265. The zero-order chi connectivity index (χ0) is 14.7. The monoisotopic (exact) mass is 334 g/mol. The summed E-state index contributed by atoms with van der Waals surface area (Å²) < 4.78 is 0.897. The molecule has 1 aromatic carbocycles. The molecule has 104 valence electrons. The highest BCUT2D eigenvalue weighted by Crippen LogP contribution is 2.26. The number of carboxylic acids is 1. The van der Waals surface area contributed by atoms with E-state index in [4.69, 9.17) is 0 Å². The zero-order valence-corrected chi connectivity index (χ0v) is 12.8. The molecule has 0 saturated carbocycles. The second kappa shape index (κ2) is 6.05. The van der Waals surface area contributed by atoms with Crippen LogP contribution in [0.4, 0.5) is 11.5 Å². The molecule has 2 N–H and O–H groups in total. The molecule has 0 aliphatic carbocycles. The third-order valence-corrected chi connectivity index (χ3v) is 3.51. The van der Waals surface area contributed by atoms with Gasteiger partial charge in [0.25, 0.3) is 0 Å². The van der Waals surface area contributed by atoms with E-state index in [1.54, 1.807) is 6.07 Å². The molecule has 0 unspecified atom stereocenters. The third-order valence-electron chi connectivity index (χ3n) is 2.82. The van der Waals surface area contributed by atoms with E-state index in [-0.39, 0.29) is 11.5 Å². The van der Waals surface area contributed by atoms with Crippen LogP contribution < -0.4 is 5.32 Å². The van der Waals surface area contributed by atoms with Gasteiger partial charge in [0, 0.05) is 10.2 Å². The molecule has 0 amide bonds. The van der Waals surface area contributed by atoms with Crippen LogP contribution in [-0.4, -0.2) is 16.1 Å². The molecule has 4 nitrogen and oxygen atoms in total. The first-order valence-electron chi connectivity index (χ1n) is 6.24. The largest absolute Gasteiger partial charge is 0.478 e. The Morgan fingerprint density at radius 2 is 2.00 bits per heavy atom. The van der Waals surface area contributed by atoms with Gasteiger partial charge < -0.3 is 10.4 Å². The summed E-state index contributed by atoms with van der Waals surface area (Å²) in [7, 11) is 0. The lowest BCUT2D eigenvalue weighted by Crippen LogP contribution is -2.05. The van der Waals surface area contributed by atoms with E-state index < -0.39 is 5.97 Å². The number of benzene rings is 1. The SMILES string of the molecule is CC(C)c1cc(C(=O)O)cc(Nc2ccccc2Br)n1. The zero-order valence-electron chi connectivity index (χ0n) is 11.2. The Morgan fingerprint density at radius 1 is 1.30 bits per heavy atom. The standard InChI is InChI=1S/C15H15BrN2O2/c1-9(2)13-7-10(15(19)20)8-14(18-13)17-12-6-4-3-5-11(12)16/h3-9H,1-2H3,(H,17,18)(H,19,20). The highest BCUT2D eigenvalue weighted by molar-refractivity contribution is 9.10. The predicted molar refractivity (Wildman–Crippen MR) is 82.7 cm³/mol. The summed E-state index contributed by atoms with van der Waals surface area (Å²) in [6.07, 6.45) is 0. The van der Waals surface area contributed by atoms with Gasteiger partial charge in [0.05, 0.1) is 11.3 Å². The minimum Gasteiger partial charge on any atom is -0.478 e. The molecule has 0 spiro atoms. The molecule has 2 aromatic rings. The molecular formula is C15H15BrN2O2. The molecule has 1 aromatic heterocycles. The van der Waals surface area contributed by atoms with Gasteiger partial charge in [-0.25, -0.2) is 9.78 Å². The number of carboxylic acid groups (broad SMARTS) is 1. The van der Waals surface area contributed by atoms with Crippen LogP contribution in [0.2, 0.25) is 0 Å². The summed E-state index contributed by atoms with van der Waals surface area (Å²) >= 11 is 3.44. The quantitative estimate of drug-likeness (QED) is 0.869. The van der Waals surface area contributed by atoms with Crippen molar-refractivity contribution in [1.82, 2.24) is 4.98 Å². The number of pyridine rings is 1. The van der Waals surface area contributed by atoms with Crippen LogP contribution in [0.1, 0.15) is 35.8 Å². The number of aromatic carboxylic acids is 1. The Hall–Kier alpha value is -1.88. The number of nitrogens with one attached hydrogen (secondary N) is 1. The lowest BCUT2D eigenvalue weighted by molar-refractivity contribution is 0.0696. The summed E-state index contributed by atoms with van der Waals surface area (Å²) in [6, 6.07) is 10.8. The normalized spacial score (nSPS) is 10.6. The topological polar surface area (TPSA) is 62.2 Å². The van der Waals surface area contributed by atoms with Crippen molar-refractivity contribution >= 4 is 33.4 Å². The molecule has 2 rings (SSSR count). The molecule has 0 aliphatic heterocycles. The lowest BCUT2D eigenvalue weighted by atomic mass is 10.1. The molecule has 5 heteroatoms. The first-order chi connectivity index (χ1) is 9.47. The first kappa shape index (κ1) is 14.5. The van der Waals surface area contributed by atoms with Crippen LogP contribution in [0.15, 0.2) is 40.9 Å². The number of rotatable bonds is 4. The van der Waals surface area contributed by atoms with E-state index >= 15 is 0 Å². The van der Waals surface area contributed by atoms with Crippen molar-refractivity contribution < 1.29 is 9.90 Å². The summed E-state index contributed by atoms with van der Waals surface area (Å²) in [6.45, 7) is 3.96. The Labute approximate surface area is 126 Å². The number of anilines is 2. The lowest BCUT2D eigenvalue weighted by Gasteiger charge is -2.12. The number of para-hydroxylation sites is 1. The maximum atomic E-state index is 11.2. The van der Waals surface area contributed by atoms with Gasteiger partial charge in [0.1, 0.15) is 5.82 Å². The van der Waals surface area contributed by atoms with Crippen molar-refractivity contribution in [2.45, 2.75) is 19.8 Å². The average Bonchev–Trinajstić information content (AvgIpc) is 2.41. The fourth-order valence-corrected chi connectivity index (χ4v) is 2.12. The van der Waals surface area contributed by atoms with Gasteiger partial charge in [-0.05, 0) is 46.1 Å². The van der Waals surface area contributed by atoms with Crippen LogP contribution in [-0.2, 0) is 0 Å². The van der Waals surface area contributed by atoms with Crippen molar-refractivity contribution in [3.8, 4) is 0 Å². The second-order valence-corrected chi connectivity index (χ2v) is 5.58. The van der Waals surface area contributed by atoms with E-state index in [0.717, 1.165) is 15.9 Å². The smallest absolute Gasteiger partial charge is 0.335 e. The van der Waals surface area contributed by atoms with Crippen LogP contribution >= 0.6 is 15.9 Å². The van der Waals surface area contributed by atoms with Crippen molar-refractivity contribution in [3.05, 3.63) is 52.1 Å². The molecular weight excluding hydrogens is 320 g/mol. The van der Waals surface area contributed by atoms with Crippen LogP contribution in [0, 0.1) is 0 Å². The first-order valence-corrected chi connectivity index (χ1v) is 7.03. The van der Waals surface area contributed by atoms with Gasteiger partial charge in [-0.1, -0.05) is 26.0 Å². The van der Waals surface area contributed by atoms with Crippen LogP contribution in [0.3, 0.4) is 0 Å². The fourth-order valence-electron chi connectivity index (χ4n) is 1.74. The molecule has 20 heavy (non-hydrogen) atoms. The van der Waals surface area contributed by atoms with Gasteiger partial charge in [0.2, 0.25) is 0 Å². The minimum absolute atomic E-state index is 0.161. The van der Waals surface area contributed by atoms with Gasteiger partial charge in [-0.2, -0.15) is 0 Å². The van der Waals surface area contributed by atoms with Crippen molar-refractivity contribution in [2.24, 2.45) is 0 Å². The highest BCUT2D eigenvalue weighted by atomic mass is 79.9. The van der Waals surface area contributed by atoms with E-state index in [1.807, 2.05) is 38.1 Å². The Balaban J connectivity index is 2.41. The van der Waals surface area contributed by atoms with Crippen molar-refractivity contribution in [3.63, 3.8) is 0 Å². The number of hydrogen-bond donors (Lipinski definition) is 2. The fraction of sp³-hybridized carbons (Fsp3) is 0.200. The van der Waals surface area contributed by atoms with Gasteiger partial charge in [-0.15, -0.1) is 0 Å². The van der Waals surface area contributed by atoms with Crippen LogP contribution in [0.5, 0.6) is 0 Å². The number of hydrogen-bond acceptors (Lipinski definition) is 3. The summed E-state index contributed by atoms with van der Waals surface area (Å²) in [5, 5.41) is 12.3. The maximum absolute atomic E-state index is 11.2. The minimum atomic E-state index is -0.954. The van der Waals surface area contributed by atoms with Gasteiger partial charge in [0.15, 0.2) is 0 Å². The molecule has 0 fully saturated rings.